The summed E-state index contributed by atoms with van der Waals surface area (Å²) < 4.78 is 27.5. The Labute approximate surface area is 704 Å². The molecule has 2 saturated heterocycles. The lowest BCUT2D eigenvalue weighted by Gasteiger charge is -2.35. The molecule has 10 aromatic rings. The smallest absolute Gasteiger partial charge is 0.193 e. The molecular formula is C106H136O4S4. The van der Waals surface area contributed by atoms with Crippen molar-refractivity contribution in [3.05, 3.63) is 234 Å². The highest BCUT2D eigenvalue weighted by Gasteiger charge is 2.54. The van der Waals surface area contributed by atoms with E-state index in [4.69, 9.17) is 18.9 Å². The van der Waals surface area contributed by atoms with Crippen molar-refractivity contribution < 1.29 is 18.9 Å². The van der Waals surface area contributed by atoms with Gasteiger partial charge in [0.05, 0.1) is 56.4 Å². The monoisotopic (exact) mass is 1600 g/mol. The first-order valence-corrected chi connectivity index (χ1v) is 49.6. The van der Waals surface area contributed by atoms with E-state index in [1.54, 1.807) is 0 Å². The molecule has 608 valence electrons. The Kier molecular flexibility index (Phi) is 32.5. The second-order valence-electron chi connectivity index (χ2n) is 34.4. The summed E-state index contributed by atoms with van der Waals surface area (Å²) in [5, 5.41) is 0. The zero-order chi connectivity index (χ0) is 78.0. The molecule has 0 N–H and O–H groups in total. The van der Waals surface area contributed by atoms with Crippen molar-refractivity contribution in [1.29, 1.82) is 0 Å². The quantitative estimate of drug-likeness (QED) is 0.0356. The molecule has 0 saturated carbocycles. The topological polar surface area (TPSA) is 36.9 Å². The van der Waals surface area contributed by atoms with Gasteiger partial charge in [-0.3, -0.25) is 0 Å². The number of unbranched alkanes of at least 4 members (excludes halogenated alkanes) is 36. The third-order valence-electron chi connectivity index (χ3n) is 26.0. The molecular weight excluding hydrogens is 1470 g/mol. The highest BCUT2D eigenvalue weighted by molar-refractivity contribution is 7.32. The second-order valence-corrected chi connectivity index (χ2v) is 38.6. The van der Waals surface area contributed by atoms with E-state index in [1.165, 1.54) is 375 Å². The number of hydrogen-bond acceptors (Lipinski definition) is 8. The molecule has 8 heteroatoms. The van der Waals surface area contributed by atoms with Crippen molar-refractivity contribution in [3.63, 3.8) is 0 Å². The van der Waals surface area contributed by atoms with Crippen LogP contribution in [0.25, 0.3) is 51.2 Å². The molecule has 0 unspecified atom stereocenters. The summed E-state index contributed by atoms with van der Waals surface area (Å²) in [4.78, 5) is 7.59. The third kappa shape index (κ3) is 20.4. The van der Waals surface area contributed by atoms with E-state index in [9.17, 15) is 0 Å². The van der Waals surface area contributed by atoms with E-state index in [0.717, 1.165) is 35.4 Å². The molecule has 114 heavy (non-hydrogen) atoms. The van der Waals surface area contributed by atoms with Gasteiger partial charge in [-0.2, -0.15) is 0 Å². The fourth-order valence-electron chi connectivity index (χ4n) is 19.5. The third-order valence-corrected chi connectivity index (χ3v) is 30.9. The van der Waals surface area contributed by atoms with E-state index in [1.807, 2.05) is 22.7 Å². The predicted octanol–water partition coefficient (Wildman–Crippen LogP) is 33.1. The molecule has 0 bridgehead atoms. The summed E-state index contributed by atoms with van der Waals surface area (Å²) in [5.41, 5.74) is 20.9. The van der Waals surface area contributed by atoms with Crippen LogP contribution in [-0.4, -0.2) is 26.4 Å². The number of thiophene rings is 4. The number of benzene rings is 6. The average Bonchev–Trinajstić information content (AvgIpc) is 1.49. The minimum atomic E-state index is -0.633. The Bertz CT molecular complexity index is 4070. The van der Waals surface area contributed by atoms with Gasteiger partial charge >= 0.3 is 0 Å². The molecule has 2 aliphatic heterocycles. The Balaban J connectivity index is 0.895. The summed E-state index contributed by atoms with van der Waals surface area (Å²) in [7, 11) is 0. The van der Waals surface area contributed by atoms with E-state index in [0.29, 0.717) is 26.4 Å². The van der Waals surface area contributed by atoms with Gasteiger partial charge in [0, 0.05) is 30.6 Å². The van der Waals surface area contributed by atoms with Crippen molar-refractivity contribution in [2.24, 2.45) is 0 Å². The predicted molar refractivity (Wildman–Crippen MR) is 492 cm³/mol. The Morgan fingerprint density at radius 1 is 0.263 bits per heavy atom. The van der Waals surface area contributed by atoms with Crippen LogP contribution in [-0.2, 0) is 55.5 Å². The molecule has 6 aromatic carbocycles. The van der Waals surface area contributed by atoms with Gasteiger partial charge in [-0.1, -0.05) is 380 Å². The Morgan fingerprint density at radius 2 is 0.509 bits per heavy atom. The molecule has 14 rings (SSSR count). The van der Waals surface area contributed by atoms with Gasteiger partial charge in [-0.15, -0.1) is 45.3 Å². The fourth-order valence-corrected chi connectivity index (χ4v) is 24.7. The van der Waals surface area contributed by atoms with Crippen LogP contribution in [0.3, 0.4) is 0 Å². The highest BCUT2D eigenvalue weighted by Crippen LogP contribution is 2.69. The molecule has 0 atom stereocenters. The fraction of sp³-hybridized carbons (Fsp3) is 0.528. The number of hydrogen-bond donors (Lipinski definition) is 0. The van der Waals surface area contributed by atoms with Gasteiger partial charge in [0.1, 0.15) is 0 Å². The zero-order valence-corrected chi connectivity index (χ0v) is 73.6. The first kappa shape index (κ1) is 84.7. The molecule has 4 aromatic heterocycles. The van der Waals surface area contributed by atoms with Crippen LogP contribution in [0, 0.1) is 0 Å². The van der Waals surface area contributed by atoms with Crippen LogP contribution >= 0.6 is 45.3 Å². The van der Waals surface area contributed by atoms with Gasteiger partial charge < -0.3 is 18.9 Å². The maximum absolute atomic E-state index is 6.16. The Morgan fingerprint density at radius 3 is 0.763 bits per heavy atom. The second kappa shape index (κ2) is 43.8. The number of aryl methyl sites for hydroxylation is 4. The van der Waals surface area contributed by atoms with Crippen LogP contribution in [0.5, 0.6) is 0 Å². The van der Waals surface area contributed by atoms with E-state index in [-0.39, 0.29) is 12.6 Å². The van der Waals surface area contributed by atoms with Crippen molar-refractivity contribution in [3.8, 4) is 41.8 Å². The number of ether oxygens (including phenoxy) is 4. The zero-order valence-electron chi connectivity index (χ0n) is 70.4. The molecule has 4 aliphatic rings. The van der Waals surface area contributed by atoms with Gasteiger partial charge in [0.2, 0.25) is 0 Å². The van der Waals surface area contributed by atoms with E-state index >= 15 is 0 Å². The average molecular weight is 1600 g/mol. The lowest BCUT2D eigenvalue weighted by Crippen LogP contribution is -2.29. The van der Waals surface area contributed by atoms with Crippen molar-refractivity contribution in [1.82, 2.24) is 0 Å². The highest BCUT2D eigenvalue weighted by atomic mass is 32.1. The maximum Gasteiger partial charge on any atom is 0.193 e. The van der Waals surface area contributed by atoms with Gasteiger partial charge in [0.25, 0.3) is 0 Å². The largest absolute Gasteiger partial charge is 0.345 e. The summed E-state index contributed by atoms with van der Waals surface area (Å²) in [5.74, 6) is 0. The minimum Gasteiger partial charge on any atom is -0.345 e. The summed E-state index contributed by atoms with van der Waals surface area (Å²) in [6.07, 6.45) is 57.7. The lowest BCUT2D eigenvalue weighted by molar-refractivity contribution is -0.0415. The van der Waals surface area contributed by atoms with Crippen LogP contribution < -0.4 is 0 Å². The minimum absolute atomic E-state index is 0.310. The van der Waals surface area contributed by atoms with Crippen LogP contribution in [0.2, 0.25) is 0 Å². The van der Waals surface area contributed by atoms with E-state index in [2.05, 4.69) is 208 Å². The van der Waals surface area contributed by atoms with Gasteiger partial charge in [-0.25, -0.2) is 0 Å². The normalized spacial score (nSPS) is 14.9. The number of rotatable bonds is 52. The van der Waals surface area contributed by atoms with Crippen LogP contribution in [0.1, 0.15) is 374 Å². The van der Waals surface area contributed by atoms with Crippen LogP contribution in [0.15, 0.2) is 158 Å². The summed E-state index contributed by atoms with van der Waals surface area (Å²) >= 11 is 7.84. The van der Waals surface area contributed by atoms with E-state index < -0.39 is 10.8 Å². The van der Waals surface area contributed by atoms with Crippen LogP contribution in [0.4, 0.5) is 0 Å². The first-order chi connectivity index (χ1) is 56.4. The molecule has 6 heterocycles. The SMILES string of the molecule is CCCCCCCCCCCCc1ccc(C2(c3ccc(CCCCCCCCCCCC)cc3)c3cc(-c4ccc(C5OCCO5)s4)ccc3-c3sc4c5c(sc4c32)-c2ccc(-c3ccc(C4OCCO4)s3)cc2C5(c2ccc(CCCCCCCCCCCC)cc2)c2ccc(CCCCCCCCCCCC)cc2)cc1. The van der Waals surface area contributed by atoms with Crippen molar-refractivity contribution in [2.45, 2.75) is 334 Å². The van der Waals surface area contributed by atoms with Gasteiger partial charge in [-0.05, 0) is 166 Å². The summed E-state index contributed by atoms with van der Waals surface area (Å²) in [6.45, 7) is 11.8. The molecule has 0 radical (unpaired) electrons. The first-order valence-electron chi connectivity index (χ1n) is 46.4. The molecule has 0 spiro atoms. The van der Waals surface area contributed by atoms with Crippen molar-refractivity contribution in [2.75, 3.05) is 26.4 Å². The molecule has 0 amide bonds. The standard InChI is InChI=1S/C106H136O4S4/c1-5-9-13-17-21-25-29-33-37-41-45-79-49-59-85(60-50-79)105(86-61-51-80(52-62-86)46-42-38-34-30-26-22-18-14-10-6-2)91-77-83(93-69-71-95(111-93)103-107-73-74-108-103)57-67-89(91)99-97(105)101-102(113-99)98-100(114-101)90-68-58-84(94-70-72-96(112-94)104-109-75-76-110-104)78-92(90)106(98,87-63-53-81(54-64-87)47-43-39-35-31-27-23-19-15-11-7-3)88-65-55-82(56-66-88)48-44-40-36-32-28-24-20-16-12-8-4/h49-72,77-78,103-104H,5-48,73-76H2,1-4H3. The molecule has 2 aliphatic carbocycles. The summed E-state index contributed by atoms with van der Waals surface area (Å²) in [6, 6.07) is 65.1. The maximum atomic E-state index is 6.16. The van der Waals surface area contributed by atoms with Gasteiger partial charge in [0.15, 0.2) is 12.6 Å². The van der Waals surface area contributed by atoms with Crippen molar-refractivity contribution >= 4 is 54.7 Å². The molecule has 4 nitrogen and oxygen atoms in total. The number of fused-ring (bicyclic) bond motifs is 9. The lowest BCUT2D eigenvalue weighted by atomic mass is 9.66. The Hall–Kier alpha value is -5.78. The molecule has 2 fully saturated rings.